The van der Waals surface area contributed by atoms with Crippen molar-refractivity contribution in [2.75, 3.05) is 0 Å². The molecule has 3 nitrogen and oxygen atoms in total. The van der Waals surface area contributed by atoms with Crippen molar-refractivity contribution in [3.05, 3.63) is 73.0 Å². The van der Waals surface area contributed by atoms with Gasteiger partial charge in [0.2, 0.25) is 0 Å². The van der Waals surface area contributed by atoms with Crippen molar-refractivity contribution < 1.29 is 18.4 Å². The molecule has 0 spiro atoms. The molecule has 1 fully saturated rings. The zero-order valence-electron chi connectivity index (χ0n) is 13.3. The summed E-state index contributed by atoms with van der Waals surface area (Å²) < 4.78 is 30.3. The third-order valence-corrected chi connectivity index (χ3v) is 16.2. The van der Waals surface area contributed by atoms with Gasteiger partial charge in [0.15, 0.2) is 0 Å². The number of carbonyl (C=O) groups is 2. The zero-order chi connectivity index (χ0) is 18.0. The molecule has 7 heteroatoms. The molecule has 0 atom stereocenters. The molecule has 0 radical (unpaired) electrons. The van der Waals surface area contributed by atoms with Crippen LogP contribution >= 0.6 is 11.8 Å². The van der Waals surface area contributed by atoms with Gasteiger partial charge in [0.1, 0.15) is 0 Å². The van der Waals surface area contributed by atoms with Crippen LogP contribution in [0.2, 0.25) is 0 Å². The number of benzene rings is 2. The summed E-state index contributed by atoms with van der Waals surface area (Å²) >= 11 is -1.73. The number of imide groups is 1. The summed E-state index contributed by atoms with van der Waals surface area (Å²) in [7, 11) is 0. The van der Waals surface area contributed by atoms with Gasteiger partial charge in [-0.3, -0.25) is 0 Å². The van der Waals surface area contributed by atoms with Crippen LogP contribution in [0.25, 0.3) is 9.41 Å². The molecular weight excluding hydrogens is 459 g/mol. The number of rotatable bonds is 2. The van der Waals surface area contributed by atoms with Crippen LogP contribution in [0.15, 0.2) is 44.6 Å². The number of carbonyl (C=O) groups excluding carboxylic acids is 2. The molecule has 3 aliphatic heterocycles. The van der Waals surface area contributed by atoms with E-state index in [2.05, 4.69) is 17.5 Å². The van der Waals surface area contributed by atoms with Crippen LogP contribution in [0.4, 0.5) is 13.6 Å². The van der Waals surface area contributed by atoms with Gasteiger partial charge in [-0.25, -0.2) is 0 Å². The average Bonchev–Trinajstić information content (AvgIpc) is 3.17. The van der Waals surface area contributed by atoms with Gasteiger partial charge >= 0.3 is 160 Å². The van der Waals surface area contributed by atoms with Gasteiger partial charge in [0, 0.05) is 0 Å². The van der Waals surface area contributed by atoms with Crippen molar-refractivity contribution >= 4 is 57.1 Å². The van der Waals surface area contributed by atoms with Crippen molar-refractivity contribution in [1.29, 1.82) is 0 Å². The summed E-state index contributed by atoms with van der Waals surface area (Å²) in [4.78, 5) is 24.4. The first kappa shape index (κ1) is 16.3. The predicted molar refractivity (Wildman–Crippen MR) is 97.9 cm³/mol. The molecule has 0 aromatic heterocycles. The minimum atomic E-state index is -2.70. The average molecular weight is 469 g/mol. The fourth-order valence-corrected chi connectivity index (χ4v) is 16.4. The Labute approximate surface area is 159 Å². The molecule has 5 rings (SSSR count). The van der Waals surface area contributed by atoms with Gasteiger partial charge in [0.25, 0.3) is 0 Å². The number of amides is 2. The maximum absolute atomic E-state index is 13.6. The van der Waals surface area contributed by atoms with Gasteiger partial charge < -0.3 is 0 Å². The van der Waals surface area contributed by atoms with E-state index in [4.69, 9.17) is 0 Å². The first-order valence-corrected chi connectivity index (χ1v) is 13.8. The second-order valence-electron chi connectivity index (χ2n) is 6.47. The fraction of sp³-hybridized carbons (Fsp3) is 0.0526. The Bertz CT molecular complexity index is 1090. The first-order valence-electron chi connectivity index (χ1n) is 8.08. The summed E-state index contributed by atoms with van der Waals surface area (Å²) in [5.74, 6) is -2.02. The molecule has 0 saturated carbocycles. The molecule has 2 aromatic rings. The van der Waals surface area contributed by atoms with Gasteiger partial charge in [-0.05, 0) is 0 Å². The van der Waals surface area contributed by atoms with Crippen LogP contribution in [0, 0.1) is 11.6 Å². The molecule has 2 amide bonds. The van der Waals surface area contributed by atoms with E-state index in [9.17, 15) is 18.4 Å². The topological polar surface area (TPSA) is 46.2 Å². The third kappa shape index (κ3) is 2.33. The van der Waals surface area contributed by atoms with Crippen molar-refractivity contribution in [1.82, 2.24) is 5.32 Å². The summed E-state index contributed by atoms with van der Waals surface area (Å²) in [6.07, 6.45) is 2.69. The second kappa shape index (κ2) is 5.82. The SMILES string of the molecule is O=C1NC(=O)/C(=[C]2\c3ccc[c]4c3C=[C](Cc3ccc(F)c(F)c3)[In]24)S1. The maximum atomic E-state index is 13.6. The molecule has 126 valence electrons. The monoisotopic (exact) mass is 469 g/mol. The number of thioether (sulfide) groups is 1. The van der Waals surface area contributed by atoms with Crippen LogP contribution < -0.4 is 8.64 Å². The van der Waals surface area contributed by atoms with Crippen molar-refractivity contribution in [2.45, 2.75) is 6.42 Å². The summed E-state index contributed by atoms with van der Waals surface area (Å²) in [6.45, 7) is 0. The van der Waals surface area contributed by atoms with E-state index in [1.807, 2.05) is 12.1 Å². The Morgan fingerprint density at radius 1 is 1.08 bits per heavy atom. The molecule has 3 aliphatic rings. The number of allylic oxidation sites excluding steroid dienone is 1. The Hall–Kier alpha value is -1.86. The van der Waals surface area contributed by atoms with E-state index >= 15 is 0 Å². The van der Waals surface area contributed by atoms with Crippen LogP contribution in [0.1, 0.15) is 16.7 Å². The van der Waals surface area contributed by atoms with E-state index in [0.29, 0.717) is 11.3 Å². The van der Waals surface area contributed by atoms with Crippen LogP contribution in [-0.4, -0.2) is 32.6 Å². The summed E-state index contributed by atoms with van der Waals surface area (Å²) in [6, 6.07) is 10.1. The van der Waals surface area contributed by atoms with Gasteiger partial charge in [0.05, 0.1) is 0 Å². The number of halogens is 2. The van der Waals surface area contributed by atoms with E-state index in [0.717, 1.165) is 37.8 Å². The van der Waals surface area contributed by atoms with Crippen LogP contribution in [0.5, 0.6) is 0 Å². The molecule has 1 saturated heterocycles. The standard InChI is InChI=1S/C19H10F2NO2S.In/c20-15-9-8-12(10-16(15)21)4-3-7-13-5-1-2-6-14(13)11-17-18(23)22-19(24)25-17;/h1-2,6-10H,4H2,(H,22,23,24);. The first-order chi connectivity index (χ1) is 12.5. The normalized spacial score (nSPS) is 20.1. The van der Waals surface area contributed by atoms with E-state index in [-0.39, 0.29) is 11.1 Å². The molecular formula is C19H10F2InNO2S. The van der Waals surface area contributed by atoms with Gasteiger partial charge in [-0.1, -0.05) is 0 Å². The van der Waals surface area contributed by atoms with Crippen LogP contribution in [-0.2, 0) is 11.2 Å². The van der Waals surface area contributed by atoms with E-state index < -0.39 is 33.1 Å². The Kier molecular flexibility index (Phi) is 3.66. The van der Waals surface area contributed by atoms with Gasteiger partial charge in [-0.15, -0.1) is 0 Å². The summed E-state index contributed by atoms with van der Waals surface area (Å²) in [5.41, 5.74) is 2.92. The molecule has 1 N–H and O–H groups in total. The van der Waals surface area contributed by atoms with Crippen molar-refractivity contribution in [3.8, 4) is 0 Å². The van der Waals surface area contributed by atoms with Crippen molar-refractivity contribution in [3.63, 3.8) is 0 Å². The molecule has 26 heavy (non-hydrogen) atoms. The summed E-state index contributed by atoms with van der Waals surface area (Å²) in [5, 5.41) is 2.01. The number of hydrogen-bond acceptors (Lipinski definition) is 3. The molecule has 0 aliphatic carbocycles. The number of hydrogen-bond donors (Lipinski definition) is 1. The minimum absolute atomic E-state index is 0.320. The Morgan fingerprint density at radius 2 is 1.92 bits per heavy atom. The quantitative estimate of drug-likeness (QED) is 0.689. The third-order valence-electron chi connectivity index (χ3n) is 4.98. The Morgan fingerprint density at radius 3 is 2.62 bits per heavy atom. The predicted octanol–water partition coefficient (Wildman–Crippen LogP) is 3.09. The second-order valence-corrected chi connectivity index (χ2v) is 15.5. The van der Waals surface area contributed by atoms with E-state index in [1.54, 1.807) is 6.07 Å². The zero-order valence-corrected chi connectivity index (χ0v) is 17.4. The molecule has 0 unspecified atom stereocenters. The van der Waals surface area contributed by atoms with Crippen LogP contribution in [0.3, 0.4) is 0 Å². The van der Waals surface area contributed by atoms with Crippen molar-refractivity contribution in [2.24, 2.45) is 0 Å². The molecule has 3 heterocycles. The van der Waals surface area contributed by atoms with Gasteiger partial charge in [-0.2, -0.15) is 0 Å². The number of nitrogens with one attached hydrogen (secondary N) is 1. The fourth-order valence-electron chi connectivity index (χ4n) is 3.98. The van der Waals surface area contributed by atoms with E-state index in [1.165, 1.54) is 12.7 Å². The Balaban J connectivity index is 1.59. The molecule has 4 bridgehead atoms. The molecule has 2 aromatic carbocycles.